The molecule has 0 amide bonds. The molecule has 0 unspecified atom stereocenters. The van der Waals surface area contributed by atoms with Crippen molar-refractivity contribution in [2.24, 2.45) is 7.05 Å². The SMILES string of the molecule is COc1ccc(-c2nn([C@H]3CC(=O)[C@@H]4OC[C@H]3O4)c(=S)n2C)cc1. The Hall–Kier alpha value is -2.03. The molecule has 0 radical (unpaired) electrons. The van der Waals surface area contributed by atoms with Crippen molar-refractivity contribution in [2.45, 2.75) is 24.9 Å². The number of carbonyl (C=O) groups excluding carboxylic acids is 1. The predicted molar refractivity (Wildman–Crippen MR) is 87.3 cm³/mol. The van der Waals surface area contributed by atoms with Gasteiger partial charge in [-0.25, -0.2) is 4.68 Å². The van der Waals surface area contributed by atoms with Crippen molar-refractivity contribution >= 4 is 18.0 Å². The van der Waals surface area contributed by atoms with Crippen LogP contribution in [0.15, 0.2) is 24.3 Å². The Morgan fingerprint density at radius 2 is 2.08 bits per heavy atom. The van der Waals surface area contributed by atoms with Crippen molar-refractivity contribution < 1.29 is 19.0 Å². The summed E-state index contributed by atoms with van der Waals surface area (Å²) in [6, 6.07) is 7.37. The van der Waals surface area contributed by atoms with E-state index in [1.54, 1.807) is 11.8 Å². The standard InChI is InChI=1S/C16H17N3O4S/c1-18-14(9-3-5-10(21-2)6-4-9)17-19(16(18)24)11-7-12(20)15-22-8-13(11)23-15/h3-6,11,13,15H,7-8H2,1-2H3/t11-,13+,15+/m0/s1. The number of benzene rings is 1. The minimum atomic E-state index is -0.717. The fraction of sp³-hybridized carbons (Fsp3) is 0.438. The summed E-state index contributed by atoms with van der Waals surface area (Å²) < 4.78 is 20.3. The van der Waals surface area contributed by atoms with Gasteiger partial charge in [-0.1, -0.05) is 0 Å². The second-order valence-corrected chi connectivity index (χ2v) is 6.28. The molecule has 7 nitrogen and oxygen atoms in total. The van der Waals surface area contributed by atoms with Crippen LogP contribution in [-0.2, 0) is 21.3 Å². The van der Waals surface area contributed by atoms with Crippen LogP contribution in [0.4, 0.5) is 0 Å². The average Bonchev–Trinajstić information content (AvgIpc) is 3.16. The van der Waals surface area contributed by atoms with Gasteiger partial charge < -0.3 is 18.8 Å². The zero-order valence-corrected chi connectivity index (χ0v) is 14.2. The molecule has 4 rings (SSSR count). The molecule has 24 heavy (non-hydrogen) atoms. The average molecular weight is 347 g/mol. The van der Waals surface area contributed by atoms with Crippen LogP contribution in [0.25, 0.3) is 11.4 Å². The summed E-state index contributed by atoms with van der Waals surface area (Å²) in [5.41, 5.74) is 0.923. The van der Waals surface area contributed by atoms with Gasteiger partial charge in [-0.2, -0.15) is 5.10 Å². The van der Waals surface area contributed by atoms with E-state index >= 15 is 0 Å². The number of aromatic nitrogens is 3. The Morgan fingerprint density at radius 1 is 1.33 bits per heavy atom. The lowest BCUT2D eigenvalue weighted by molar-refractivity contribution is -0.156. The maximum absolute atomic E-state index is 12.0. The number of fused-ring (bicyclic) bond motifs is 2. The van der Waals surface area contributed by atoms with Crippen molar-refractivity contribution in [2.75, 3.05) is 13.7 Å². The van der Waals surface area contributed by atoms with Crippen molar-refractivity contribution in [3.63, 3.8) is 0 Å². The minimum absolute atomic E-state index is 0.0627. The highest BCUT2D eigenvalue weighted by Gasteiger charge is 2.45. The molecule has 126 valence electrons. The molecule has 1 aromatic carbocycles. The number of ether oxygens (including phenoxy) is 3. The molecule has 2 aliphatic rings. The van der Waals surface area contributed by atoms with Crippen LogP contribution in [0.1, 0.15) is 12.5 Å². The summed E-state index contributed by atoms with van der Waals surface area (Å²) in [6.07, 6.45) is -0.592. The van der Waals surface area contributed by atoms with Gasteiger partial charge >= 0.3 is 0 Å². The Balaban J connectivity index is 1.73. The fourth-order valence-electron chi connectivity index (χ4n) is 3.13. The Bertz CT molecular complexity index is 842. The summed E-state index contributed by atoms with van der Waals surface area (Å²) in [4.78, 5) is 12.0. The number of rotatable bonds is 3. The van der Waals surface area contributed by atoms with Gasteiger partial charge in [0.05, 0.1) is 19.8 Å². The number of Topliss-reactive ketones (excluding diaryl/α,β-unsaturated/α-hetero) is 1. The van der Waals surface area contributed by atoms with Crippen LogP contribution in [0, 0.1) is 4.77 Å². The summed E-state index contributed by atoms with van der Waals surface area (Å²) in [5, 5.41) is 4.66. The fourth-order valence-corrected chi connectivity index (χ4v) is 3.39. The molecule has 1 aromatic heterocycles. The lowest BCUT2D eigenvalue weighted by Crippen LogP contribution is -2.37. The lowest BCUT2D eigenvalue weighted by atomic mass is 10.0. The zero-order chi connectivity index (χ0) is 16.8. The first-order valence-electron chi connectivity index (χ1n) is 7.68. The molecule has 0 aliphatic carbocycles. The molecular weight excluding hydrogens is 330 g/mol. The molecule has 0 saturated carbocycles. The molecule has 8 heteroatoms. The molecular formula is C16H17N3O4S. The molecule has 0 spiro atoms. The third-order valence-corrected chi connectivity index (χ3v) is 4.94. The minimum Gasteiger partial charge on any atom is -0.497 e. The Labute approximate surface area is 143 Å². The van der Waals surface area contributed by atoms with E-state index < -0.39 is 6.29 Å². The van der Waals surface area contributed by atoms with Crippen molar-refractivity contribution in [3.8, 4) is 17.1 Å². The van der Waals surface area contributed by atoms with Crippen LogP contribution in [0.2, 0.25) is 0 Å². The summed E-state index contributed by atoms with van der Waals surface area (Å²) >= 11 is 5.53. The number of nitrogens with zero attached hydrogens (tertiary/aromatic N) is 3. The van der Waals surface area contributed by atoms with E-state index in [0.29, 0.717) is 17.8 Å². The van der Waals surface area contributed by atoms with Crippen molar-refractivity contribution in [3.05, 3.63) is 29.0 Å². The summed E-state index contributed by atoms with van der Waals surface area (Å²) in [5.74, 6) is 1.45. The largest absolute Gasteiger partial charge is 0.497 e. The van der Waals surface area contributed by atoms with E-state index in [2.05, 4.69) is 5.10 Å². The highest BCUT2D eigenvalue weighted by atomic mass is 32.1. The van der Waals surface area contributed by atoms with E-state index in [4.69, 9.17) is 26.4 Å². The molecule has 2 fully saturated rings. The van der Waals surface area contributed by atoms with Gasteiger partial charge in [-0.3, -0.25) is 4.79 Å². The molecule has 2 bridgehead atoms. The molecule has 3 atom stereocenters. The number of carbonyl (C=O) groups is 1. The predicted octanol–water partition coefficient (Wildman–Crippen LogP) is 1.88. The van der Waals surface area contributed by atoms with E-state index in [1.165, 1.54) is 0 Å². The van der Waals surface area contributed by atoms with Gasteiger partial charge in [0.25, 0.3) is 0 Å². The van der Waals surface area contributed by atoms with Gasteiger partial charge in [0.1, 0.15) is 11.9 Å². The Morgan fingerprint density at radius 3 is 2.79 bits per heavy atom. The van der Waals surface area contributed by atoms with Gasteiger partial charge in [0.2, 0.25) is 6.29 Å². The van der Waals surface area contributed by atoms with Crippen LogP contribution in [-0.4, -0.2) is 46.2 Å². The monoisotopic (exact) mass is 347 g/mol. The van der Waals surface area contributed by atoms with Crippen molar-refractivity contribution in [1.29, 1.82) is 0 Å². The second kappa shape index (κ2) is 5.80. The normalized spacial score (nSPS) is 25.9. The molecule has 0 N–H and O–H groups in total. The van der Waals surface area contributed by atoms with Gasteiger partial charge in [0, 0.05) is 19.0 Å². The number of hydrogen-bond donors (Lipinski definition) is 0. The van der Waals surface area contributed by atoms with Crippen LogP contribution >= 0.6 is 12.2 Å². The topological polar surface area (TPSA) is 67.5 Å². The van der Waals surface area contributed by atoms with Gasteiger partial charge in [-0.05, 0) is 36.5 Å². The molecule has 3 heterocycles. The van der Waals surface area contributed by atoms with Gasteiger partial charge in [-0.15, -0.1) is 0 Å². The lowest BCUT2D eigenvalue weighted by Gasteiger charge is -2.26. The highest BCUT2D eigenvalue weighted by molar-refractivity contribution is 7.71. The quantitative estimate of drug-likeness (QED) is 0.790. The molecule has 2 aromatic rings. The summed E-state index contributed by atoms with van der Waals surface area (Å²) in [6.45, 7) is 0.386. The van der Waals surface area contributed by atoms with E-state index in [0.717, 1.165) is 17.1 Å². The van der Waals surface area contributed by atoms with Gasteiger partial charge in [0.15, 0.2) is 16.4 Å². The van der Waals surface area contributed by atoms with Crippen LogP contribution in [0.5, 0.6) is 5.75 Å². The van der Waals surface area contributed by atoms with Crippen LogP contribution < -0.4 is 4.74 Å². The molecule has 2 aliphatic heterocycles. The zero-order valence-electron chi connectivity index (χ0n) is 13.3. The maximum Gasteiger partial charge on any atom is 0.218 e. The van der Waals surface area contributed by atoms with Crippen molar-refractivity contribution in [1.82, 2.24) is 14.3 Å². The highest BCUT2D eigenvalue weighted by Crippen LogP contribution is 2.33. The summed E-state index contributed by atoms with van der Waals surface area (Å²) in [7, 11) is 3.49. The van der Waals surface area contributed by atoms with E-state index in [9.17, 15) is 4.79 Å². The first kappa shape index (κ1) is 15.5. The maximum atomic E-state index is 12.0. The third kappa shape index (κ3) is 2.38. The second-order valence-electron chi connectivity index (χ2n) is 5.92. The number of hydrogen-bond acceptors (Lipinski definition) is 6. The number of ketones is 1. The van der Waals surface area contributed by atoms with Crippen LogP contribution in [0.3, 0.4) is 0 Å². The van der Waals surface area contributed by atoms with E-state index in [1.807, 2.05) is 35.9 Å². The first-order chi connectivity index (χ1) is 11.6. The number of methoxy groups -OCH3 is 1. The smallest absolute Gasteiger partial charge is 0.218 e. The first-order valence-corrected chi connectivity index (χ1v) is 8.09. The third-order valence-electron chi connectivity index (χ3n) is 4.48. The van der Waals surface area contributed by atoms with E-state index in [-0.39, 0.29) is 17.9 Å². The molecule has 2 saturated heterocycles. The Kier molecular flexibility index (Phi) is 3.75.